The first-order chi connectivity index (χ1) is 15.1. The van der Waals surface area contributed by atoms with Crippen LogP contribution in [0.25, 0.3) is 0 Å². The van der Waals surface area contributed by atoms with Crippen molar-refractivity contribution in [1.82, 2.24) is 9.88 Å². The smallest absolute Gasteiger partial charge is 0.231 e. The van der Waals surface area contributed by atoms with Crippen molar-refractivity contribution in [2.24, 2.45) is 0 Å². The number of nitrogens with zero attached hydrogens (tertiary/aromatic N) is 3. The number of rotatable bonds is 7. The topological polar surface area (TPSA) is 57.7 Å². The summed E-state index contributed by atoms with van der Waals surface area (Å²) < 4.78 is 5.50. The second-order valence-corrected chi connectivity index (χ2v) is 8.70. The normalized spacial score (nSPS) is 14.5. The van der Waals surface area contributed by atoms with Gasteiger partial charge in [0.1, 0.15) is 10.8 Å². The van der Waals surface area contributed by atoms with E-state index in [1.54, 1.807) is 18.4 Å². The molecule has 0 spiro atoms. The van der Waals surface area contributed by atoms with E-state index in [9.17, 15) is 4.79 Å². The zero-order chi connectivity index (χ0) is 21.6. The van der Waals surface area contributed by atoms with Crippen LogP contribution in [0.5, 0.6) is 5.75 Å². The number of anilines is 2. The molecule has 162 valence electrons. The molecule has 0 unspecified atom stereocenters. The largest absolute Gasteiger partial charge is 0.495 e. The summed E-state index contributed by atoms with van der Waals surface area (Å²) >= 11 is 1.56. The average Bonchev–Trinajstić information content (AvgIpc) is 3.22. The Morgan fingerprint density at radius 3 is 2.58 bits per heavy atom. The molecule has 2 aromatic carbocycles. The molecular weight excluding hydrogens is 408 g/mol. The second-order valence-electron chi connectivity index (χ2n) is 7.76. The summed E-state index contributed by atoms with van der Waals surface area (Å²) in [5.41, 5.74) is 4.18. The third-order valence-corrected chi connectivity index (χ3v) is 6.33. The Balaban J connectivity index is 1.26. The summed E-state index contributed by atoms with van der Waals surface area (Å²) in [7, 11) is 1.72. The molecule has 0 aliphatic carbocycles. The molecule has 1 aliphatic heterocycles. The maximum atomic E-state index is 12.3. The first-order valence-corrected chi connectivity index (χ1v) is 11.4. The minimum Gasteiger partial charge on any atom is -0.495 e. The van der Waals surface area contributed by atoms with Crippen molar-refractivity contribution in [3.8, 4) is 5.75 Å². The molecule has 1 fully saturated rings. The lowest BCUT2D eigenvalue weighted by atomic mass is 10.2. The van der Waals surface area contributed by atoms with Crippen molar-refractivity contribution >= 4 is 28.6 Å². The zero-order valence-electron chi connectivity index (χ0n) is 18.0. The minimum absolute atomic E-state index is 0.0322. The number of benzene rings is 2. The summed E-state index contributed by atoms with van der Waals surface area (Å²) in [5, 5.41) is 5.86. The highest BCUT2D eigenvalue weighted by atomic mass is 32.1. The van der Waals surface area contributed by atoms with Crippen LogP contribution in [0.15, 0.2) is 53.9 Å². The Bertz CT molecular complexity index is 1010. The predicted molar refractivity (Wildman–Crippen MR) is 126 cm³/mol. The molecule has 1 amide bonds. The molecule has 1 N–H and O–H groups in total. The van der Waals surface area contributed by atoms with Crippen molar-refractivity contribution in [1.29, 1.82) is 0 Å². The molecule has 6 nitrogen and oxygen atoms in total. The lowest BCUT2D eigenvalue weighted by Crippen LogP contribution is -2.46. The van der Waals surface area contributed by atoms with E-state index < -0.39 is 0 Å². The van der Waals surface area contributed by atoms with Gasteiger partial charge in [0.05, 0.1) is 24.9 Å². The minimum atomic E-state index is -0.0322. The second kappa shape index (κ2) is 9.94. The molecule has 1 saturated heterocycles. The Morgan fingerprint density at radius 2 is 1.84 bits per heavy atom. The summed E-state index contributed by atoms with van der Waals surface area (Å²) in [6.45, 7) is 6.70. The van der Waals surface area contributed by atoms with Crippen LogP contribution in [-0.2, 0) is 17.8 Å². The molecule has 0 radical (unpaired) electrons. The number of para-hydroxylation sites is 2. The molecule has 1 aliphatic rings. The molecule has 2 heterocycles. The van der Waals surface area contributed by atoms with Crippen molar-refractivity contribution in [3.05, 3.63) is 70.2 Å². The molecule has 0 atom stereocenters. The highest BCUT2D eigenvalue weighted by molar-refractivity contribution is 7.09. The maximum absolute atomic E-state index is 12.3. The number of thiazole rings is 1. The number of piperazine rings is 1. The number of carbonyl (C=O) groups excluding carboxylic acids is 1. The van der Waals surface area contributed by atoms with Crippen LogP contribution in [0.1, 0.15) is 16.3 Å². The number of carbonyl (C=O) groups is 1. The zero-order valence-corrected chi connectivity index (χ0v) is 18.8. The van der Waals surface area contributed by atoms with Gasteiger partial charge in [0.2, 0.25) is 5.91 Å². The Morgan fingerprint density at radius 1 is 1.10 bits per heavy atom. The van der Waals surface area contributed by atoms with Gasteiger partial charge >= 0.3 is 0 Å². The lowest BCUT2D eigenvalue weighted by molar-refractivity contribution is -0.115. The van der Waals surface area contributed by atoms with Crippen molar-refractivity contribution in [3.63, 3.8) is 0 Å². The van der Waals surface area contributed by atoms with Crippen LogP contribution in [-0.4, -0.2) is 49.1 Å². The van der Waals surface area contributed by atoms with E-state index in [0.717, 1.165) is 60.5 Å². The van der Waals surface area contributed by atoms with Crippen LogP contribution >= 0.6 is 11.3 Å². The van der Waals surface area contributed by atoms with Gasteiger partial charge in [-0.05, 0) is 31.2 Å². The number of amides is 1. The quantitative estimate of drug-likeness (QED) is 0.608. The van der Waals surface area contributed by atoms with Gasteiger partial charge in [-0.25, -0.2) is 4.98 Å². The van der Waals surface area contributed by atoms with Crippen molar-refractivity contribution in [2.45, 2.75) is 19.9 Å². The number of ether oxygens (including phenoxy) is 1. The van der Waals surface area contributed by atoms with Crippen molar-refractivity contribution < 1.29 is 9.53 Å². The average molecular weight is 437 g/mol. The fraction of sp³-hybridized carbons (Fsp3) is 0.333. The Kier molecular flexibility index (Phi) is 6.84. The predicted octanol–water partition coefficient (Wildman–Crippen LogP) is 3.96. The van der Waals surface area contributed by atoms with E-state index in [0.29, 0.717) is 6.42 Å². The number of hydrogen-bond acceptors (Lipinski definition) is 6. The van der Waals surface area contributed by atoms with Crippen LogP contribution in [0.4, 0.5) is 11.4 Å². The Labute approximate surface area is 187 Å². The van der Waals surface area contributed by atoms with Crippen LogP contribution < -0.4 is 15.0 Å². The summed E-state index contributed by atoms with van der Waals surface area (Å²) in [6, 6.07) is 16.0. The van der Waals surface area contributed by atoms with E-state index in [1.165, 1.54) is 5.56 Å². The van der Waals surface area contributed by atoms with Gasteiger partial charge in [0.15, 0.2) is 0 Å². The maximum Gasteiger partial charge on any atom is 0.231 e. The molecule has 0 saturated carbocycles. The van der Waals surface area contributed by atoms with Gasteiger partial charge in [-0.15, -0.1) is 11.3 Å². The number of hydrogen-bond donors (Lipinski definition) is 1. The highest BCUT2D eigenvalue weighted by Gasteiger charge is 2.20. The van der Waals surface area contributed by atoms with Gasteiger partial charge in [-0.1, -0.05) is 29.8 Å². The van der Waals surface area contributed by atoms with Gasteiger partial charge in [-0.3, -0.25) is 9.69 Å². The number of methoxy groups -OCH3 is 1. The molecular formula is C24H28N4O2S. The van der Waals surface area contributed by atoms with Gasteiger partial charge in [0.25, 0.3) is 0 Å². The van der Waals surface area contributed by atoms with E-state index >= 15 is 0 Å². The molecule has 3 aromatic rings. The first kappa shape index (κ1) is 21.3. The molecule has 4 rings (SSSR count). The van der Waals surface area contributed by atoms with E-state index in [1.807, 2.05) is 43.3 Å². The Hall–Kier alpha value is -2.90. The molecule has 31 heavy (non-hydrogen) atoms. The van der Waals surface area contributed by atoms with Gasteiger partial charge < -0.3 is 15.0 Å². The summed E-state index contributed by atoms with van der Waals surface area (Å²) in [4.78, 5) is 21.8. The van der Waals surface area contributed by atoms with Crippen LogP contribution in [0.3, 0.4) is 0 Å². The van der Waals surface area contributed by atoms with Gasteiger partial charge in [-0.2, -0.15) is 0 Å². The van der Waals surface area contributed by atoms with Crippen LogP contribution in [0, 0.1) is 6.92 Å². The highest BCUT2D eigenvalue weighted by Crippen LogP contribution is 2.28. The number of aryl methyl sites for hydroxylation is 1. The van der Waals surface area contributed by atoms with E-state index in [4.69, 9.17) is 4.74 Å². The lowest BCUT2D eigenvalue weighted by Gasteiger charge is -2.36. The summed E-state index contributed by atoms with van der Waals surface area (Å²) in [5.74, 6) is 0.888. The monoisotopic (exact) mass is 436 g/mol. The van der Waals surface area contributed by atoms with Crippen molar-refractivity contribution in [2.75, 3.05) is 43.5 Å². The molecule has 7 heteroatoms. The molecule has 0 bridgehead atoms. The fourth-order valence-corrected chi connectivity index (χ4v) is 4.53. The number of aromatic nitrogens is 1. The first-order valence-electron chi connectivity index (χ1n) is 10.5. The SMILES string of the molecule is COc1ccccc1N1CCN(Cc2csc(CC(=O)Nc3ccc(C)cc3)n2)CC1. The standard InChI is InChI=1S/C24H28N4O2S/c1-18-7-9-19(10-8-18)25-23(29)15-24-26-20(17-31-24)16-27-11-13-28(14-12-27)21-5-3-4-6-22(21)30-2/h3-10,17H,11-16H2,1-2H3,(H,25,29). The van der Waals surface area contributed by atoms with E-state index in [2.05, 4.69) is 37.6 Å². The summed E-state index contributed by atoms with van der Waals surface area (Å²) in [6.07, 6.45) is 0.306. The van der Waals surface area contributed by atoms with E-state index in [-0.39, 0.29) is 5.91 Å². The third kappa shape index (κ3) is 5.62. The molecule has 1 aromatic heterocycles. The van der Waals surface area contributed by atoms with Crippen LogP contribution in [0.2, 0.25) is 0 Å². The number of nitrogens with one attached hydrogen (secondary N) is 1. The fourth-order valence-electron chi connectivity index (χ4n) is 3.75. The third-order valence-electron chi connectivity index (χ3n) is 5.43. The van der Waals surface area contributed by atoms with Gasteiger partial charge in [0, 0.05) is 43.8 Å².